The summed E-state index contributed by atoms with van der Waals surface area (Å²) in [4.78, 5) is 38.0. The molecule has 0 saturated carbocycles. The fourth-order valence-corrected chi connectivity index (χ4v) is 7.68. The van der Waals surface area contributed by atoms with Gasteiger partial charge >= 0.3 is 17.9 Å². The van der Waals surface area contributed by atoms with E-state index >= 15 is 0 Å². The molecule has 6 nitrogen and oxygen atoms in total. The molecule has 63 heavy (non-hydrogen) atoms. The standard InChI is InChI=1S/C57H102O6/c1-4-7-10-13-16-19-22-25-27-28-30-32-35-38-41-44-47-50-56(59)62-53-54(52-61-55(58)49-46-43-40-37-34-31-24-21-18-15-12-9-6-3)63-57(60)51-48-45-42-39-36-33-29-26-23-20-17-14-11-8-5-2/h16,19,21,24-25,27,30,32,54H,4-15,17-18,20,22-23,26,28-29,31,33-53H2,1-3H3/b19-16-,24-21-,27-25-,32-30-/t54-/m1/s1. The summed E-state index contributed by atoms with van der Waals surface area (Å²) in [7, 11) is 0. The number of hydrogen-bond donors (Lipinski definition) is 0. The molecule has 0 aromatic rings. The van der Waals surface area contributed by atoms with Crippen LogP contribution in [0, 0.1) is 0 Å². The van der Waals surface area contributed by atoms with Crippen LogP contribution in [0.1, 0.15) is 278 Å². The van der Waals surface area contributed by atoms with E-state index in [2.05, 4.69) is 69.4 Å². The lowest BCUT2D eigenvalue weighted by molar-refractivity contribution is -0.167. The van der Waals surface area contributed by atoms with Crippen molar-refractivity contribution in [3.05, 3.63) is 48.6 Å². The van der Waals surface area contributed by atoms with E-state index in [-0.39, 0.29) is 31.1 Å². The zero-order valence-electron chi connectivity index (χ0n) is 41.8. The van der Waals surface area contributed by atoms with E-state index in [0.717, 1.165) is 89.9 Å². The third kappa shape index (κ3) is 50.2. The molecule has 0 aromatic heterocycles. The van der Waals surface area contributed by atoms with Gasteiger partial charge in [0.1, 0.15) is 13.2 Å². The molecule has 0 bridgehead atoms. The molecule has 0 spiro atoms. The highest BCUT2D eigenvalue weighted by Crippen LogP contribution is 2.15. The van der Waals surface area contributed by atoms with E-state index in [1.54, 1.807) is 0 Å². The summed E-state index contributed by atoms with van der Waals surface area (Å²) in [5.41, 5.74) is 0. The first-order valence-corrected chi connectivity index (χ1v) is 27.1. The average Bonchev–Trinajstić information content (AvgIpc) is 3.28. The molecule has 0 aliphatic rings. The number of hydrogen-bond acceptors (Lipinski definition) is 6. The van der Waals surface area contributed by atoms with E-state index < -0.39 is 6.10 Å². The van der Waals surface area contributed by atoms with Gasteiger partial charge in [-0.25, -0.2) is 0 Å². The van der Waals surface area contributed by atoms with Crippen molar-refractivity contribution in [3.8, 4) is 0 Å². The summed E-state index contributed by atoms with van der Waals surface area (Å²) in [5, 5.41) is 0. The Balaban J connectivity index is 4.40. The number of carbonyl (C=O) groups excluding carboxylic acids is 3. The van der Waals surface area contributed by atoms with Crippen LogP contribution in [0.15, 0.2) is 48.6 Å². The number of rotatable bonds is 49. The summed E-state index contributed by atoms with van der Waals surface area (Å²) >= 11 is 0. The lowest BCUT2D eigenvalue weighted by Gasteiger charge is -2.18. The molecule has 6 heteroatoms. The Bertz CT molecular complexity index is 1110. The lowest BCUT2D eigenvalue weighted by Crippen LogP contribution is -2.30. The van der Waals surface area contributed by atoms with Crippen LogP contribution >= 0.6 is 0 Å². The minimum atomic E-state index is -0.782. The SMILES string of the molecule is CCCCC/C=C\C/C=C\C/C=C\CCCCCCC(=O)OC[C@@H](COC(=O)CCCCCCC/C=C\CCCCCC)OC(=O)CCCCCCCCCCCCCCCCC. The van der Waals surface area contributed by atoms with Crippen LogP contribution in [-0.4, -0.2) is 37.2 Å². The van der Waals surface area contributed by atoms with E-state index in [1.807, 2.05) is 0 Å². The van der Waals surface area contributed by atoms with Gasteiger partial charge in [0.05, 0.1) is 0 Å². The van der Waals surface area contributed by atoms with Gasteiger partial charge in [0.2, 0.25) is 0 Å². The van der Waals surface area contributed by atoms with Gasteiger partial charge in [-0.15, -0.1) is 0 Å². The van der Waals surface area contributed by atoms with E-state index in [0.29, 0.717) is 19.3 Å². The van der Waals surface area contributed by atoms with Crippen molar-refractivity contribution in [1.29, 1.82) is 0 Å². The second-order valence-electron chi connectivity index (χ2n) is 18.1. The Labute approximate surface area is 390 Å². The zero-order valence-corrected chi connectivity index (χ0v) is 41.8. The Morgan fingerprint density at radius 1 is 0.317 bits per heavy atom. The van der Waals surface area contributed by atoms with Crippen molar-refractivity contribution in [3.63, 3.8) is 0 Å². The van der Waals surface area contributed by atoms with Gasteiger partial charge in [-0.1, -0.05) is 223 Å². The van der Waals surface area contributed by atoms with Crippen LogP contribution in [0.4, 0.5) is 0 Å². The molecule has 0 unspecified atom stereocenters. The fourth-order valence-electron chi connectivity index (χ4n) is 7.68. The molecule has 0 heterocycles. The van der Waals surface area contributed by atoms with Crippen molar-refractivity contribution in [2.24, 2.45) is 0 Å². The van der Waals surface area contributed by atoms with Gasteiger partial charge in [0.25, 0.3) is 0 Å². The van der Waals surface area contributed by atoms with E-state index in [9.17, 15) is 14.4 Å². The molecule has 0 saturated heterocycles. The number of carbonyl (C=O) groups is 3. The Morgan fingerprint density at radius 2 is 0.571 bits per heavy atom. The van der Waals surface area contributed by atoms with Gasteiger partial charge in [-0.05, 0) is 83.5 Å². The molecule has 1 atom stereocenters. The van der Waals surface area contributed by atoms with Gasteiger partial charge in [-0.2, -0.15) is 0 Å². The Kier molecular flexibility index (Phi) is 49.8. The van der Waals surface area contributed by atoms with Crippen molar-refractivity contribution < 1.29 is 28.6 Å². The number of ether oxygens (including phenoxy) is 3. The highest BCUT2D eigenvalue weighted by Gasteiger charge is 2.19. The predicted octanol–water partition coefficient (Wildman–Crippen LogP) is 17.9. The smallest absolute Gasteiger partial charge is 0.306 e. The first-order valence-electron chi connectivity index (χ1n) is 27.1. The highest BCUT2D eigenvalue weighted by molar-refractivity contribution is 5.71. The second-order valence-corrected chi connectivity index (χ2v) is 18.1. The van der Waals surface area contributed by atoms with Crippen LogP contribution in [-0.2, 0) is 28.6 Å². The normalized spacial score (nSPS) is 12.4. The number of unbranched alkanes of at least 4 members (excludes halogenated alkanes) is 30. The van der Waals surface area contributed by atoms with Crippen molar-refractivity contribution in [2.45, 2.75) is 284 Å². The predicted molar refractivity (Wildman–Crippen MR) is 270 cm³/mol. The molecular weight excluding hydrogens is 781 g/mol. The molecule has 0 amide bonds. The summed E-state index contributed by atoms with van der Waals surface area (Å²) in [6.07, 6.45) is 62.3. The van der Waals surface area contributed by atoms with E-state index in [1.165, 1.54) is 148 Å². The molecule has 0 rings (SSSR count). The maximum absolute atomic E-state index is 12.8. The molecular formula is C57H102O6. The van der Waals surface area contributed by atoms with Crippen LogP contribution < -0.4 is 0 Å². The van der Waals surface area contributed by atoms with Crippen LogP contribution in [0.2, 0.25) is 0 Å². The molecule has 0 aromatic carbocycles. The molecule has 366 valence electrons. The molecule has 0 fully saturated rings. The summed E-state index contributed by atoms with van der Waals surface area (Å²) in [5.74, 6) is -0.902. The quantitative estimate of drug-likeness (QED) is 0.0262. The minimum absolute atomic E-state index is 0.0824. The fraction of sp³-hybridized carbons (Fsp3) is 0.807. The second kappa shape index (κ2) is 52.0. The summed E-state index contributed by atoms with van der Waals surface area (Å²) in [6, 6.07) is 0. The van der Waals surface area contributed by atoms with Gasteiger partial charge in [0, 0.05) is 19.3 Å². The highest BCUT2D eigenvalue weighted by atomic mass is 16.6. The van der Waals surface area contributed by atoms with Crippen LogP contribution in [0.5, 0.6) is 0 Å². The maximum Gasteiger partial charge on any atom is 0.306 e. The maximum atomic E-state index is 12.8. The van der Waals surface area contributed by atoms with Gasteiger partial charge in [-0.3, -0.25) is 14.4 Å². The first kappa shape index (κ1) is 60.4. The topological polar surface area (TPSA) is 78.9 Å². The monoisotopic (exact) mass is 883 g/mol. The third-order valence-electron chi connectivity index (χ3n) is 11.8. The Hall–Kier alpha value is -2.63. The lowest BCUT2D eigenvalue weighted by atomic mass is 10.0. The van der Waals surface area contributed by atoms with Gasteiger partial charge < -0.3 is 14.2 Å². The van der Waals surface area contributed by atoms with Crippen LogP contribution in [0.25, 0.3) is 0 Å². The number of allylic oxidation sites excluding steroid dienone is 8. The average molecular weight is 883 g/mol. The molecule has 0 aliphatic heterocycles. The molecule has 0 aliphatic carbocycles. The van der Waals surface area contributed by atoms with Crippen molar-refractivity contribution in [2.75, 3.05) is 13.2 Å². The van der Waals surface area contributed by atoms with Gasteiger partial charge in [0.15, 0.2) is 6.10 Å². The minimum Gasteiger partial charge on any atom is -0.462 e. The Morgan fingerprint density at radius 3 is 0.952 bits per heavy atom. The van der Waals surface area contributed by atoms with Crippen molar-refractivity contribution in [1.82, 2.24) is 0 Å². The first-order chi connectivity index (χ1) is 31.0. The van der Waals surface area contributed by atoms with E-state index in [4.69, 9.17) is 14.2 Å². The zero-order chi connectivity index (χ0) is 45.8. The largest absolute Gasteiger partial charge is 0.462 e. The van der Waals surface area contributed by atoms with Crippen molar-refractivity contribution >= 4 is 17.9 Å². The number of esters is 3. The molecule has 0 N–H and O–H groups in total. The summed E-state index contributed by atoms with van der Waals surface area (Å²) < 4.78 is 16.8. The summed E-state index contributed by atoms with van der Waals surface area (Å²) in [6.45, 7) is 6.59. The third-order valence-corrected chi connectivity index (χ3v) is 11.8. The van der Waals surface area contributed by atoms with Crippen LogP contribution in [0.3, 0.4) is 0 Å². The molecule has 0 radical (unpaired) electrons.